The third kappa shape index (κ3) is 2.10. The molecule has 0 aliphatic heterocycles. The standard InChI is InChI=1S/C20H16O4/c1-11(21)24-20-13-7-3-2-6-12(13)10-16-17(20)19(23)15-9-5-4-8-14(15)18(16)22/h2-7,10,14-15H,8-9H2,1H3/t14-,15+/m1/s1. The highest BCUT2D eigenvalue weighted by Gasteiger charge is 2.43. The van der Waals surface area contributed by atoms with E-state index in [1.165, 1.54) is 6.92 Å². The molecule has 0 aromatic heterocycles. The molecule has 0 spiro atoms. The quantitative estimate of drug-likeness (QED) is 0.456. The monoisotopic (exact) mass is 320 g/mol. The molecule has 2 aromatic rings. The van der Waals surface area contributed by atoms with Gasteiger partial charge in [-0.05, 0) is 24.3 Å². The van der Waals surface area contributed by atoms with Crippen molar-refractivity contribution in [2.24, 2.45) is 11.8 Å². The molecule has 0 bridgehead atoms. The number of carbonyl (C=O) groups is 3. The Bertz CT molecular complexity index is 923. The highest BCUT2D eigenvalue weighted by atomic mass is 16.5. The maximum Gasteiger partial charge on any atom is 0.308 e. The summed E-state index contributed by atoms with van der Waals surface area (Å²) in [6.07, 6.45) is 5.06. The van der Waals surface area contributed by atoms with E-state index in [-0.39, 0.29) is 34.7 Å². The van der Waals surface area contributed by atoms with E-state index in [1.807, 2.05) is 30.4 Å². The number of rotatable bonds is 1. The molecule has 0 fully saturated rings. The van der Waals surface area contributed by atoms with Gasteiger partial charge in [-0.2, -0.15) is 0 Å². The largest absolute Gasteiger partial charge is 0.425 e. The van der Waals surface area contributed by atoms with Crippen molar-refractivity contribution in [2.75, 3.05) is 0 Å². The molecular formula is C20H16O4. The van der Waals surface area contributed by atoms with Gasteiger partial charge in [-0.15, -0.1) is 0 Å². The molecule has 24 heavy (non-hydrogen) atoms. The van der Waals surface area contributed by atoms with Crippen molar-refractivity contribution in [2.45, 2.75) is 19.8 Å². The lowest BCUT2D eigenvalue weighted by Gasteiger charge is -2.32. The highest BCUT2D eigenvalue weighted by molar-refractivity contribution is 6.21. The number of hydrogen-bond acceptors (Lipinski definition) is 4. The first kappa shape index (κ1) is 14.8. The molecular weight excluding hydrogens is 304 g/mol. The topological polar surface area (TPSA) is 60.4 Å². The van der Waals surface area contributed by atoms with E-state index in [1.54, 1.807) is 12.1 Å². The second-order valence-corrected chi connectivity index (χ2v) is 6.33. The van der Waals surface area contributed by atoms with Gasteiger partial charge in [-0.25, -0.2) is 0 Å². The Kier molecular flexibility index (Phi) is 3.34. The molecule has 0 saturated heterocycles. The second-order valence-electron chi connectivity index (χ2n) is 6.33. The first-order valence-corrected chi connectivity index (χ1v) is 8.05. The van der Waals surface area contributed by atoms with Crippen molar-refractivity contribution in [1.29, 1.82) is 0 Å². The number of esters is 1. The van der Waals surface area contributed by atoms with Crippen LogP contribution in [0.4, 0.5) is 0 Å². The summed E-state index contributed by atoms with van der Waals surface area (Å²) >= 11 is 0. The van der Waals surface area contributed by atoms with E-state index in [4.69, 9.17) is 4.74 Å². The summed E-state index contributed by atoms with van der Waals surface area (Å²) in [7, 11) is 0. The summed E-state index contributed by atoms with van der Waals surface area (Å²) in [5.74, 6) is -1.06. The minimum atomic E-state index is -0.500. The van der Waals surface area contributed by atoms with Gasteiger partial charge >= 0.3 is 5.97 Å². The highest BCUT2D eigenvalue weighted by Crippen LogP contribution is 2.43. The number of benzene rings is 2. The van der Waals surface area contributed by atoms with E-state index in [0.29, 0.717) is 23.8 Å². The number of Topliss-reactive ketones (excluding diaryl/α,β-unsaturated/α-hetero) is 2. The van der Waals surface area contributed by atoms with Crippen LogP contribution in [0.15, 0.2) is 42.5 Å². The van der Waals surface area contributed by atoms with Gasteiger partial charge in [0.05, 0.1) is 5.56 Å². The van der Waals surface area contributed by atoms with Gasteiger partial charge in [-0.3, -0.25) is 14.4 Å². The average molecular weight is 320 g/mol. The predicted octanol–water partition coefficient (Wildman–Crippen LogP) is 3.73. The summed E-state index contributed by atoms with van der Waals surface area (Å²) in [6.45, 7) is 1.30. The first-order valence-electron chi connectivity index (χ1n) is 8.05. The van der Waals surface area contributed by atoms with Crippen molar-refractivity contribution >= 4 is 28.3 Å². The number of allylic oxidation sites excluding steroid dienone is 2. The lowest BCUT2D eigenvalue weighted by atomic mass is 9.69. The van der Waals surface area contributed by atoms with Crippen LogP contribution in [-0.2, 0) is 4.79 Å². The van der Waals surface area contributed by atoms with Gasteiger partial charge in [0, 0.05) is 29.7 Å². The van der Waals surface area contributed by atoms with Gasteiger partial charge in [0.2, 0.25) is 0 Å². The van der Waals surface area contributed by atoms with Crippen LogP contribution in [0.1, 0.15) is 40.5 Å². The lowest BCUT2D eigenvalue weighted by Crippen LogP contribution is -2.37. The van der Waals surface area contributed by atoms with E-state index < -0.39 is 5.97 Å². The number of carbonyl (C=O) groups excluding carboxylic acids is 3. The zero-order valence-corrected chi connectivity index (χ0v) is 13.2. The van der Waals surface area contributed by atoms with E-state index in [9.17, 15) is 14.4 Å². The average Bonchev–Trinajstić information content (AvgIpc) is 2.59. The summed E-state index contributed by atoms with van der Waals surface area (Å²) in [5.41, 5.74) is 0.650. The maximum atomic E-state index is 13.1. The second kappa shape index (κ2) is 5.41. The Morgan fingerprint density at radius 1 is 1.04 bits per heavy atom. The summed E-state index contributed by atoms with van der Waals surface area (Å²) in [4.78, 5) is 37.6. The molecule has 0 radical (unpaired) electrons. The van der Waals surface area contributed by atoms with Crippen LogP contribution >= 0.6 is 0 Å². The molecule has 2 aliphatic carbocycles. The van der Waals surface area contributed by atoms with Crippen LogP contribution in [0, 0.1) is 11.8 Å². The molecule has 4 rings (SSSR count). The maximum absolute atomic E-state index is 13.1. The number of ether oxygens (including phenoxy) is 1. The van der Waals surface area contributed by atoms with Gasteiger partial charge < -0.3 is 4.74 Å². The van der Waals surface area contributed by atoms with Crippen molar-refractivity contribution < 1.29 is 19.1 Å². The van der Waals surface area contributed by atoms with Gasteiger partial charge in [0.1, 0.15) is 5.75 Å². The van der Waals surface area contributed by atoms with Crippen LogP contribution in [0.25, 0.3) is 10.8 Å². The third-order valence-electron chi connectivity index (χ3n) is 4.87. The number of ketones is 2. The van der Waals surface area contributed by atoms with Crippen LogP contribution in [0.5, 0.6) is 5.75 Å². The van der Waals surface area contributed by atoms with E-state index in [2.05, 4.69) is 0 Å². The SMILES string of the molecule is CC(=O)Oc1c2c(cc3ccccc13)C(=O)[C@@H]1CC=CC[C@@H]1C2=O. The molecule has 2 aliphatic rings. The molecule has 4 heteroatoms. The van der Waals surface area contributed by atoms with Crippen molar-refractivity contribution in [3.05, 3.63) is 53.6 Å². The minimum absolute atomic E-state index is 0.0295. The lowest BCUT2D eigenvalue weighted by molar-refractivity contribution is -0.131. The Morgan fingerprint density at radius 3 is 2.42 bits per heavy atom. The zero-order chi connectivity index (χ0) is 16.8. The Balaban J connectivity index is 2.03. The molecule has 0 saturated carbocycles. The normalized spacial score (nSPS) is 22.2. The van der Waals surface area contributed by atoms with Crippen molar-refractivity contribution in [3.8, 4) is 5.75 Å². The van der Waals surface area contributed by atoms with Crippen molar-refractivity contribution in [3.63, 3.8) is 0 Å². The third-order valence-corrected chi connectivity index (χ3v) is 4.87. The van der Waals surface area contributed by atoms with E-state index in [0.717, 1.165) is 5.39 Å². The Hall–Kier alpha value is -2.75. The fraction of sp³-hybridized carbons (Fsp3) is 0.250. The molecule has 0 heterocycles. The number of hydrogen-bond donors (Lipinski definition) is 0. The Morgan fingerprint density at radius 2 is 1.71 bits per heavy atom. The summed E-state index contributed by atoms with van der Waals surface area (Å²) in [5, 5.41) is 1.47. The van der Waals surface area contributed by atoms with Crippen LogP contribution < -0.4 is 4.74 Å². The van der Waals surface area contributed by atoms with Gasteiger partial charge in [0.25, 0.3) is 0 Å². The van der Waals surface area contributed by atoms with Gasteiger partial charge in [0.15, 0.2) is 11.6 Å². The Labute approximate surface area is 139 Å². The smallest absolute Gasteiger partial charge is 0.308 e. The van der Waals surface area contributed by atoms with E-state index >= 15 is 0 Å². The summed E-state index contributed by atoms with van der Waals surface area (Å²) in [6, 6.07) is 9.09. The fourth-order valence-corrected chi connectivity index (χ4v) is 3.78. The molecule has 2 atom stereocenters. The molecule has 0 N–H and O–H groups in total. The van der Waals surface area contributed by atoms with Crippen molar-refractivity contribution in [1.82, 2.24) is 0 Å². The number of fused-ring (bicyclic) bond motifs is 3. The zero-order valence-electron chi connectivity index (χ0n) is 13.2. The minimum Gasteiger partial charge on any atom is -0.425 e. The molecule has 0 amide bonds. The molecule has 120 valence electrons. The summed E-state index contributed by atoms with van der Waals surface area (Å²) < 4.78 is 5.39. The van der Waals surface area contributed by atoms with Crippen LogP contribution in [-0.4, -0.2) is 17.5 Å². The fourth-order valence-electron chi connectivity index (χ4n) is 3.78. The molecule has 4 nitrogen and oxygen atoms in total. The van der Waals surface area contributed by atoms with Crippen LogP contribution in [0.3, 0.4) is 0 Å². The molecule has 0 unspecified atom stereocenters. The molecule has 2 aromatic carbocycles. The van der Waals surface area contributed by atoms with Gasteiger partial charge in [-0.1, -0.05) is 36.4 Å². The predicted molar refractivity (Wildman–Crippen MR) is 89.3 cm³/mol. The first-order chi connectivity index (χ1) is 11.6. The van der Waals surface area contributed by atoms with Crippen LogP contribution in [0.2, 0.25) is 0 Å².